The molecule has 0 saturated heterocycles. The summed E-state index contributed by atoms with van der Waals surface area (Å²) in [6, 6.07) is 7.93. The molecule has 2 rings (SSSR count). The third kappa shape index (κ3) is 2.81. The first-order valence-corrected chi connectivity index (χ1v) is 6.60. The topological polar surface area (TPSA) is 29.5 Å². The highest BCUT2D eigenvalue weighted by Crippen LogP contribution is 2.42. The van der Waals surface area contributed by atoms with Crippen molar-refractivity contribution in [3.63, 3.8) is 0 Å². The summed E-state index contributed by atoms with van der Waals surface area (Å²) in [5, 5.41) is 10.6. The maximum absolute atomic E-state index is 10.6. The maximum atomic E-state index is 10.6. The van der Waals surface area contributed by atoms with Crippen LogP contribution in [0.2, 0.25) is 0 Å². The van der Waals surface area contributed by atoms with E-state index in [1.165, 1.54) is 0 Å². The summed E-state index contributed by atoms with van der Waals surface area (Å²) in [5.41, 5.74) is 0.425. The molecule has 2 unspecified atom stereocenters. The molecule has 0 aliphatic heterocycles. The molecule has 0 heterocycles. The van der Waals surface area contributed by atoms with E-state index in [1.807, 2.05) is 24.3 Å². The fourth-order valence-corrected chi connectivity index (χ4v) is 2.61. The Labute approximate surface area is 104 Å². The van der Waals surface area contributed by atoms with Gasteiger partial charge in [-0.15, -0.1) is 0 Å². The largest absolute Gasteiger partial charge is 0.494 e. The van der Waals surface area contributed by atoms with Crippen LogP contribution in [0.1, 0.15) is 45.1 Å². The first kappa shape index (κ1) is 12.4. The molecule has 1 fully saturated rings. The smallest absolute Gasteiger partial charge is 0.119 e. The Morgan fingerprint density at radius 3 is 2.59 bits per heavy atom. The van der Waals surface area contributed by atoms with Crippen LogP contribution in [0.15, 0.2) is 24.3 Å². The van der Waals surface area contributed by atoms with Crippen molar-refractivity contribution in [3.05, 3.63) is 29.8 Å². The first-order valence-electron chi connectivity index (χ1n) is 6.60. The Kier molecular flexibility index (Phi) is 3.72. The van der Waals surface area contributed by atoms with Crippen molar-refractivity contribution in [3.8, 4) is 5.75 Å². The second-order valence-electron chi connectivity index (χ2n) is 5.25. The van der Waals surface area contributed by atoms with E-state index in [0.717, 1.165) is 43.6 Å². The van der Waals surface area contributed by atoms with E-state index in [-0.39, 0.29) is 0 Å². The van der Waals surface area contributed by atoms with E-state index in [2.05, 4.69) is 13.8 Å². The van der Waals surface area contributed by atoms with Crippen LogP contribution in [-0.2, 0) is 5.60 Å². The number of aliphatic hydroxyl groups is 1. The van der Waals surface area contributed by atoms with Crippen LogP contribution in [0, 0.1) is 5.92 Å². The highest BCUT2D eigenvalue weighted by molar-refractivity contribution is 5.31. The van der Waals surface area contributed by atoms with Gasteiger partial charge in [-0.3, -0.25) is 0 Å². The van der Waals surface area contributed by atoms with Gasteiger partial charge in [-0.25, -0.2) is 0 Å². The second kappa shape index (κ2) is 5.09. The average Bonchev–Trinajstić information content (AvgIpc) is 2.68. The summed E-state index contributed by atoms with van der Waals surface area (Å²) >= 11 is 0. The van der Waals surface area contributed by atoms with E-state index in [4.69, 9.17) is 4.74 Å². The van der Waals surface area contributed by atoms with E-state index in [1.54, 1.807) is 0 Å². The van der Waals surface area contributed by atoms with E-state index in [0.29, 0.717) is 5.92 Å². The van der Waals surface area contributed by atoms with Gasteiger partial charge < -0.3 is 9.84 Å². The lowest BCUT2D eigenvalue weighted by atomic mass is 9.91. The maximum Gasteiger partial charge on any atom is 0.119 e. The SMILES string of the molecule is CCCOc1ccc(C2(O)CCC(C)C2)cc1. The fourth-order valence-electron chi connectivity index (χ4n) is 2.61. The van der Waals surface area contributed by atoms with Gasteiger partial charge in [0.1, 0.15) is 5.75 Å². The van der Waals surface area contributed by atoms with E-state index >= 15 is 0 Å². The zero-order chi connectivity index (χ0) is 12.3. The van der Waals surface area contributed by atoms with Gasteiger partial charge in [-0.1, -0.05) is 26.0 Å². The molecule has 1 saturated carbocycles. The fraction of sp³-hybridized carbons (Fsp3) is 0.600. The molecule has 0 bridgehead atoms. The molecule has 1 N–H and O–H groups in total. The van der Waals surface area contributed by atoms with Crippen LogP contribution in [0.3, 0.4) is 0 Å². The summed E-state index contributed by atoms with van der Waals surface area (Å²) in [6.07, 6.45) is 3.89. The van der Waals surface area contributed by atoms with Gasteiger partial charge in [0.05, 0.1) is 12.2 Å². The minimum absolute atomic E-state index is 0.608. The lowest BCUT2D eigenvalue weighted by Crippen LogP contribution is -2.21. The van der Waals surface area contributed by atoms with Crippen LogP contribution >= 0.6 is 0 Å². The zero-order valence-corrected chi connectivity index (χ0v) is 10.8. The van der Waals surface area contributed by atoms with Gasteiger partial charge in [-0.2, -0.15) is 0 Å². The summed E-state index contributed by atoms with van der Waals surface area (Å²) < 4.78 is 5.55. The zero-order valence-electron chi connectivity index (χ0n) is 10.8. The standard InChI is InChI=1S/C15H22O2/c1-3-10-17-14-6-4-13(5-7-14)15(16)9-8-12(2)11-15/h4-7,12,16H,3,8-11H2,1-2H3. The van der Waals surface area contributed by atoms with Gasteiger partial charge in [0.2, 0.25) is 0 Å². The van der Waals surface area contributed by atoms with Gasteiger partial charge in [0.15, 0.2) is 0 Å². The van der Waals surface area contributed by atoms with Crippen molar-refractivity contribution in [2.75, 3.05) is 6.61 Å². The van der Waals surface area contributed by atoms with Gasteiger partial charge in [0, 0.05) is 0 Å². The van der Waals surface area contributed by atoms with Crippen LogP contribution in [0.25, 0.3) is 0 Å². The van der Waals surface area contributed by atoms with Crippen molar-refractivity contribution < 1.29 is 9.84 Å². The molecule has 94 valence electrons. The van der Waals surface area contributed by atoms with Crippen molar-refractivity contribution in [1.82, 2.24) is 0 Å². The summed E-state index contributed by atoms with van der Waals surface area (Å²) in [5.74, 6) is 1.52. The average molecular weight is 234 g/mol. The minimum atomic E-state index is -0.608. The predicted octanol–water partition coefficient (Wildman–Crippen LogP) is 3.48. The Hall–Kier alpha value is -1.02. The molecule has 1 aliphatic carbocycles. The lowest BCUT2D eigenvalue weighted by Gasteiger charge is -2.23. The quantitative estimate of drug-likeness (QED) is 0.864. The molecule has 0 spiro atoms. The third-order valence-electron chi connectivity index (χ3n) is 3.60. The van der Waals surface area contributed by atoms with E-state index in [9.17, 15) is 5.11 Å². The highest BCUT2D eigenvalue weighted by atomic mass is 16.5. The van der Waals surface area contributed by atoms with Crippen molar-refractivity contribution in [2.24, 2.45) is 5.92 Å². The molecule has 2 atom stereocenters. The van der Waals surface area contributed by atoms with Crippen LogP contribution in [0.5, 0.6) is 5.75 Å². The monoisotopic (exact) mass is 234 g/mol. The van der Waals surface area contributed by atoms with Crippen LogP contribution in [0.4, 0.5) is 0 Å². The summed E-state index contributed by atoms with van der Waals surface area (Å²) in [6.45, 7) is 5.05. The second-order valence-corrected chi connectivity index (χ2v) is 5.25. The van der Waals surface area contributed by atoms with Crippen molar-refractivity contribution in [1.29, 1.82) is 0 Å². The molecular weight excluding hydrogens is 212 g/mol. The Balaban J connectivity index is 2.07. The number of hydrogen-bond donors (Lipinski definition) is 1. The predicted molar refractivity (Wildman–Crippen MR) is 69.1 cm³/mol. The molecular formula is C15H22O2. The number of benzene rings is 1. The van der Waals surface area contributed by atoms with Gasteiger partial charge in [-0.05, 0) is 49.3 Å². The number of rotatable bonds is 4. The van der Waals surface area contributed by atoms with Crippen molar-refractivity contribution in [2.45, 2.75) is 45.1 Å². The molecule has 1 aliphatic rings. The van der Waals surface area contributed by atoms with Gasteiger partial charge in [0.25, 0.3) is 0 Å². The summed E-state index contributed by atoms with van der Waals surface area (Å²) in [4.78, 5) is 0. The minimum Gasteiger partial charge on any atom is -0.494 e. The van der Waals surface area contributed by atoms with Crippen LogP contribution < -0.4 is 4.74 Å². The molecule has 0 aromatic heterocycles. The number of ether oxygens (including phenoxy) is 1. The number of hydrogen-bond acceptors (Lipinski definition) is 2. The first-order chi connectivity index (χ1) is 8.14. The molecule has 17 heavy (non-hydrogen) atoms. The third-order valence-corrected chi connectivity index (χ3v) is 3.60. The highest BCUT2D eigenvalue weighted by Gasteiger charge is 2.36. The molecule has 1 aromatic rings. The summed E-state index contributed by atoms with van der Waals surface area (Å²) in [7, 11) is 0. The molecule has 2 nitrogen and oxygen atoms in total. The Bertz CT molecular complexity index is 358. The van der Waals surface area contributed by atoms with Crippen molar-refractivity contribution >= 4 is 0 Å². The normalized spacial score (nSPS) is 28.3. The van der Waals surface area contributed by atoms with Gasteiger partial charge >= 0.3 is 0 Å². The molecule has 1 aromatic carbocycles. The lowest BCUT2D eigenvalue weighted by molar-refractivity contribution is 0.0407. The van der Waals surface area contributed by atoms with E-state index < -0.39 is 5.60 Å². The molecule has 2 heteroatoms. The molecule has 0 radical (unpaired) electrons. The Morgan fingerprint density at radius 2 is 2.06 bits per heavy atom. The molecule has 0 amide bonds. The van der Waals surface area contributed by atoms with Crippen LogP contribution in [-0.4, -0.2) is 11.7 Å². The Morgan fingerprint density at radius 1 is 1.35 bits per heavy atom.